The number of carbonyl (C=O) groups is 1. The molecule has 1 N–H and O–H groups in total. The second-order valence-corrected chi connectivity index (χ2v) is 4.01. The summed E-state index contributed by atoms with van der Waals surface area (Å²) in [5.41, 5.74) is 0.179. The minimum absolute atomic E-state index is 0.542. The summed E-state index contributed by atoms with van der Waals surface area (Å²) in [4.78, 5) is 10.8. The first-order valence-corrected chi connectivity index (χ1v) is 5.09. The Morgan fingerprint density at radius 2 is 2.33 bits per heavy atom. The van der Waals surface area contributed by atoms with Crippen LogP contribution in [0, 0.1) is 0 Å². The number of fused-ring (bicyclic) bond motifs is 1. The molecule has 0 saturated carbocycles. The summed E-state index contributed by atoms with van der Waals surface area (Å²) in [6.07, 6.45) is 2.47. The van der Waals surface area contributed by atoms with Crippen molar-refractivity contribution in [1.29, 1.82) is 0 Å². The number of rotatable bonds is 2. The zero-order chi connectivity index (χ0) is 10.9. The highest BCUT2D eigenvalue weighted by molar-refractivity contribution is 5.68. The average molecular weight is 206 g/mol. The van der Waals surface area contributed by atoms with Crippen molar-refractivity contribution < 1.29 is 14.6 Å². The number of benzene rings is 1. The summed E-state index contributed by atoms with van der Waals surface area (Å²) in [6.45, 7) is 2.13. The van der Waals surface area contributed by atoms with Gasteiger partial charge in [-0.1, -0.05) is 18.2 Å². The highest BCUT2D eigenvalue weighted by Gasteiger charge is 2.28. The van der Waals surface area contributed by atoms with E-state index < -0.39 is 5.60 Å². The van der Waals surface area contributed by atoms with Gasteiger partial charge in [0.05, 0.1) is 6.61 Å². The summed E-state index contributed by atoms with van der Waals surface area (Å²) in [6, 6.07) is 5.55. The Kier molecular flexibility index (Phi) is 2.49. The topological polar surface area (TPSA) is 46.5 Å². The molecular weight excluding hydrogens is 192 g/mol. The number of aryl methyl sites for hydroxylation is 1. The van der Waals surface area contributed by atoms with Gasteiger partial charge in [-0.3, -0.25) is 4.79 Å². The summed E-state index contributed by atoms with van der Waals surface area (Å²) in [5.74, 6) is 0.681. The number of carbonyl (C=O) groups excluding carboxylic acids is 1. The van der Waals surface area contributed by atoms with E-state index in [0.29, 0.717) is 24.2 Å². The van der Waals surface area contributed by atoms with E-state index >= 15 is 0 Å². The van der Waals surface area contributed by atoms with Crippen molar-refractivity contribution in [2.75, 3.05) is 6.61 Å². The second-order valence-electron chi connectivity index (χ2n) is 4.01. The van der Waals surface area contributed by atoms with Gasteiger partial charge in [0.25, 0.3) is 0 Å². The summed E-state index contributed by atoms with van der Waals surface area (Å²) in [5, 5.41) is 9.90. The standard InChI is InChI=1S/C12H14O3/c1-12(14,8-13)10-6-2-4-9-5-3-7-15-11(9)10/h2,4,6,8,14H,3,5,7H2,1H3. The Labute approximate surface area is 88.7 Å². The van der Waals surface area contributed by atoms with Crippen LogP contribution in [0.15, 0.2) is 18.2 Å². The Bertz CT molecular complexity index is 382. The van der Waals surface area contributed by atoms with Gasteiger partial charge in [0.15, 0.2) is 6.29 Å². The third kappa shape index (κ3) is 1.75. The molecule has 0 bridgehead atoms. The molecule has 0 saturated heterocycles. The fourth-order valence-corrected chi connectivity index (χ4v) is 1.85. The molecule has 3 heteroatoms. The number of aliphatic hydroxyl groups is 1. The van der Waals surface area contributed by atoms with Crippen LogP contribution >= 0.6 is 0 Å². The minimum Gasteiger partial charge on any atom is -0.493 e. The lowest BCUT2D eigenvalue weighted by Crippen LogP contribution is -2.25. The van der Waals surface area contributed by atoms with E-state index in [9.17, 15) is 9.90 Å². The Hall–Kier alpha value is -1.35. The third-order valence-corrected chi connectivity index (χ3v) is 2.71. The quantitative estimate of drug-likeness (QED) is 0.744. The molecule has 2 rings (SSSR count). The number of aldehydes is 1. The molecule has 1 aliphatic heterocycles. The summed E-state index contributed by atoms with van der Waals surface area (Å²) >= 11 is 0. The van der Waals surface area contributed by atoms with Gasteiger partial charge in [0.1, 0.15) is 11.4 Å². The Morgan fingerprint density at radius 1 is 1.53 bits per heavy atom. The molecule has 1 aromatic rings. The first kappa shape index (κ1) is 10.2. The highest BCUT2D eigenvalue weighted by Crippen LogP contribution is 2.34. The van der Waals surface area contributed by atoms with Gasteiger partial charge in [0, 0.05) is 5.56 Å². The van der Waals surface area contributed by atoms with Crippen molar-refractivity contribution in [1.82, 2.24) is 0 Å². The molecule has 0 spiro atoms. The molecule has 0 amide bonds. The molecule has 1 heterocycles. The summed E-state index contributed by atoms with van der Waals surface area (Å²) in [7, 11) is 0. The van der Waals surface area contributed by atoms with Crippen LogP contribution in [-0.4, -0.2) is 18.0 Å². The van der Waals surface area contributed by atoms with Crippen LogP contribution in [0.5, 0.6) is 5.75 Å². The van der Waals surface area contributed by atoms with E-state index in [1.807, 2.05) is 12.1 Å². The molecule has 0 aliphatic carbocycles. The molecule has 1 unspecified atom stereocenters. The molecule has 0 radical (unpaired) electrons. The lowest BCUT2D eigenvalue weighted by atomic mass is 9.92. The maximum Gasteiger partial charge on any atom is 0.155 e. The van der Waals surface area contributed by atoms with Crippen LogP contribution in [-0.2, 0) is 16.8 Å². The van der Waals surface area contributed by atoms with E-state index in [4.69, 9.17) is 4.74 Å². The number of hydrogen-bond acceptors (Lipinski definition) is 3. The third-order valence-electron chi connectivity index (χ3n) is 2.71. The molecule has 15 heavy (non-hydrogen) atoms. The molecule has 0 aromatic heterocycles. The Balaban J connectivity index is 2.52. The SMILES string of the molecule is CC(O)(C=O)c1cccc2c1OCCC2. The van der Waals surface area contributed by atoms with Crippen LogP contribution in [0.4, 0.5) is 0 Å². The molecule has 0 fully saturated rings. The highest BCUT2D eigenvalue weighted by atomic mass is 16.5. The maximum atomic E-state index is 10.8. The predicted octanol–water partition coefficient (Wildman–Crippen LogP) is 1.42. The van der Waals surface area contributed by atoms with Gasteiger partial charge >= 0.3 is 0 Å². The molecule has 3 nitrogen and oxygen atoms in total. The van der Waals surface area contributed by atoms with Crippen molar-refractivity contribution in [2.45, 2.75) is 25.4 Å². The largest absolute Gasteiger partial charge is 0.493 e. The maximum absolute atomic E-state index is 10.8. The number of hydrogen-bond donors (Lipinski definition) is 1. The van der Waals surface area contributed by atoms with Gasteiger partial charge in [-0.15, -0.1) is 0 Å². The molecule has 1 atom stereocenters. The fraction of sp³-hybridized carbons (Fsp3) is 0.417. The monoisotopic (exact) mass is 206 g/mol. The van der Waals surface area contributed by atoms with E-state index in [1.54, 1.807) is 6.07 Å². The smallest absolute Gasteiger partial charge is 0.155 e. The molecule has 1 aliphatic rings. The van der Waals surface area contributed by atoms with Crippen molar-refractivity contribution in [2.24, 2.45) is 0 Å². The fourth-order valence-electron chi connectivity index (χ4n) is 1.85. The number of ether oxygens (including phenoxy) is 1. The van der Waals surface area contributed by atoms with Gasteiger partial charge in [-0.2, -0.15) is 0 Å². The first-order valence-electron chi connectivity index (χ1n) is 5.09. The van der Waals surface area contributed by atoms with E-state index in [2.05, 4.69) is 0 Å². The van der Waals surface area contributed by atoms with Crippen LogP contribution < -0.4 is 4.74 Å². The van der Waals surface area contributed by atoms with Crippen molar-refractivity contribution >= 4 is 6.29 Å². The van der Waals surface area contributed by atoms with E-state index in [1.165, 1.54) is 6.92 Å². The van der Waals surface area contributed by atoms with Gasteiger partial charge < -0.3 is 9.84 Å². The van der Waals surface area contributed by atoms with Crippen molar-refractivity contribution in [3.8, 4) is 5.75 Å². The van der Waals surface area contributed by atoms with Gasteiger partial charge in [-0.25, -0.2) is 0 Å². The zero-order valence-corrected chi connectivity index (χ0v) is 8.69. The minimum atomic E-state index is -1.46. The van der Waals surface area contributed by atoms with Crippen LogP contribution in [0.25, 0.3) is 0 Å². The lowest BCUT2D eigenvalue weighted by Gasteiger charge is -2.25. The molecular formula is C12H14O3. The Morgan fingerprint density at radius 3 is 3.07 bits per heavy atom. The molecule has 80 valence electrons. The summed E-state index contributed by atoms with van der Waals surface area (Å²) < 4.78 is 5.52. The normalized spacial score (nSPS) is 18.5. The van der Waals surface area contributed by atoms with Crippen molar-refractivity contribution in [3.05, 3.63) is 29.3 Å². The van der Waals surface area contributed by atoms with E-state index in [0.717, 1.165) is 18.4 Å². The van der Waals surface area contributed by atoms with E-state index in [-0.39, 0.29) is 0 Å². The second kappa shape index (κ2) is 3.66. The number of para-hydroxylation sites is 1. The predicted molar refractivity (Wildman–Crippen MR) is 55.9 cm³/mol. The van der Waals surface area contributed by atoms with Crippen LogP contribution in [0.3, 0.4) is 0 Å². The first-order chi connectivity index (χ1) is 7.15. The zero-order valence-electron chi connectivity index (χ0n) is 8.69. The van der Waals surface area contributed by atoms with Crippen molar-refractivity contribution in [3.63, 3.8) is 0 Å². The van der Waals surface area contributed by atoms with Crippen LogP contribution in [0.2, 0.25) is 0 Å². The lowest BCUT2D eigenvalue weighted by molar-refractivity contribution is -0.123. The van der Waals surface area contributed by atoms with Gasteiger partial charge in [-0.05, 0) is 25.3 Å². The average Bonchev–Trinajstić information content (AvgIpc) is 2.28. The van der Waals surface area contributed by atoms with Crippen LogP contribution in [0.1, 0.15) is 24.5 Å². The molecule has 1 aromatic carbocycles. The van der Waals surface area contributed by atoms with Gasteiger partial charge in [0.2, 0.25) is 0 Å².